The van der Waals surface area contributed by atoms with E-state index in [1.165, 1.54) is 0 Å². The van der Waals surface area contributed by atoms with Gasteiger partial charge in [0.25, 0.3) is 0 Å². The van der Waals surface area contributed by atoms with Crippen molar-refractivity contribution >= 4 is 26.0 Å². The van der Waals surface area contributed by atoms with E-state index < -0.39 is 10.0 Å². The van der Waals surface area contributed by atoms with Gasteiger partial charge >= 0.3 is 0 Å². The highest BCUT2D eigenvalue weighted by molar-refractivity contribution is 9.10. The second-order valence-corrected chi connectivity index (χ2v) is 8.63. The van der Waals surface area contributed by atoms with E-state index >= 15 is 0 Å². The fourth-order valence-electron chi connectivity index (χ4n) is 2.89. The molecule has 0 radical (unpaired) electrons. The highest BCUT2D eigenvalue weighted by atomic mass is 79.9. The van der Waals surface area contributed by atoms with Crippen molar-refractivity contribution in [1.82, 2.24) is 4.72 Å². The number of para-hydroxylation sites is 1. The quantitative estimate of drug-likeness (QED) is 0.810. The summed E-state index contributed by atoms with van der Waals surface area (Å²) in [6.07, 6.45) is 2.39. The summed E-state index contributed by atoms with van der Waals surface area (Å²) in [4.78, 5) is 0.291. The van der Waals surface area contributed by atoms with E-state index in [-0.39, 0.29) is 12.1 Å². The van der Waals surface area contributed by atoms with Crippen LogP contribution in [0.25, 0.3) is 0 Å². The second-order valence-electron chi connectivity index (χ2n) is 6.06. The Hall–Kier alpha value is -1.37. The second kappa shape index (κ2) is 7.25. The van der Waals surface area contributed by atoms with Crippen LogP contribution in [0.5, 0.6) is 5.75 Å². The predicted octanol–water partition coefficient (Wildman–Crippen LogP) is 4.04. The summed E-state index contributed by atoms with van der Waals surface area (Å²) in [5.41, 5.74) is 1.03. The van der Waals surface area contributed by atoms with Gasteiger partial charge in [-0.15, -0.1) is 0 Å². The molecule has 3 rings (SSSR count). The number of rotatable bonds is 5. The number of ether oxygens (including phenoxy) is 1. The Morgan fingerprint density at radius 2 is 1.79 bits per heavy atom. The van der Waals surface area contributed by atoms with Gasteiger partial charge in [-0.25, -0.2) is 13.1 Å². The molecule has 0 heterocycles. The molecule has 6 heteroatoms. The molecule has 128 valence electrons. The van der Waals surface area contributed by atoms with E-state index in [9.17, 15) is 8.42 Å². The highest BCUT2D eigenvalue weighted by Gasteiger charge is 2.33. The first-order valence-electron chi connectivity index (χ1n) is 7.96. The van der Waals surface area contributed by atoms with Crippen molar-refractivity contribution < 1.29 is 13.2 Å². The zero-order valence-corrected chi connectivity index (χ0v) is 15.8. The summed E-state index contributed by atoms with van der Waals surface area (Å²) in [6.45, 7) is 1.93. The van der Waals surface area contributed by atoms with Gasteiger partial charge in [0.2, 0.25) is 10.0 Å². The van der Waals surface area contributed by atoms with Gasteiger partial charge in [-0.2, -0.15) is 0 Å². The molecule has 24 heavy (non-hydrogen) atoms. The van der Waals surface area contributed by atoms with Gasteiger partial charge in [0, 0.05) is 0 Å². The van der Waals surface area contributed by atoms with Gasteiger partial charge in [0.05, 0.1) is 15.4 Å². The fraction of sp³-hybridized carbons (Fsp3) is 0.333. The molecule has 0 aromatic heterocycles. The predicted molar refractivity (Wildman–Crippen MR) is 97.7 cm³/mol. The topological polar surface area (TPSA) is 55.4 Å². The van der Waals surface area contributed by atoms with Gasteiger partial charge in [0.1, 0.15) is 11.9 Å². The summed E-state index contributed by atoms with van der Waals surface area (Å²) in [6, 6.07) is 14.3. The van der Waals surface area contributed by atoms with Crippen LogP contribution in [0.2, 0.25) is 0 Å². The number of aryl methyl sites for hydroxylation is 1. The molecule has 0 spiro atoms. The van der Waals surface area contributed by atoms with Crippen molar-refractivity contribution in [3.63, 3.8) is 0 Å². The Kier molecular flexibility index (Phi) is 5.27. The maximum absolute atomic E-state index is 12.6. The summed E-state index contributed by atoms with van der Waals surface area (Å²) >= 11 is 3.46. The molecule has 0 aliphatic heterocycles. The Bertz CT molecular complexity index is 805. The first-order valence-corrected chi connectivity index (χ1v) is 10.2. The molecular weight excluding hydrogens is 390 g/mol. The minimum atomic E-state index is -3.54. The van der Waals surface area contributed by atoms with Crippen LogP contribution in [0.15, 0.2) is 57.9 Å². The van der Waals surface area contributed by atoms with Crippen LogP contribution in [0, 0.1) is 6.92 Å². The van der Waals surface area contributed by atoms with Crippen LogP contribution in [0.4, 0.5) is 0 Å². The number of sulfonamides is 1. The monoisotopic (exact) mass is 409 g/mol. The molecule has 1 aliphatic rings. The summed E-state index contributed by atoms with van der Waals surface area (Å²) in [5.74, 6) is 0.740. The lowest BCUT2D eigenvalue weighted by atomic mass is 10.2. The van der Waals surface area contributed by atoms with Crippen molar-refractivity contribution in [2.45, 2.75) is 43.2 Å². The largest absolute Gasteiger partial charge is 0.488 e. The third kappa shape index (κ3) is 3.99. The first-order chi connectivity index (χ1) is 11.5. The summed E-state index contributed by atoms with van der Waals surface area (Å²) in [5, 5.41) is 0. The summed E-state index contributed by atoms with van der Waals surface area (Å²) < 4.78 is 34.9. The molecule has 1 aliphatic carbocycles. The Labute approximate surface area is 151 Å². The Balaban J connectivity index is 1.74. The molecule has 0 amide bonds. The van der Waals surface area contributed by atoms with E-state index in [1.807, 2.05) is 31.2 Å². The van der Waals surface area contributed by atoms with Crippen LogP contribution in [-0.2, 0) is 10.0 Å². The molecule has 0 unspecified atom stereocenters. The normalized spacial score (nSPS) is 20.9. The van der Waals surface area contributed by atoms with Crippen molar-refractivity contribution in [2.75, 3.05) is 0 Å². The van der Waals surface area contributed by atoms with Crippen LogP contribution >= 0.6 is 15.9 Å². The lowest BCUT2D eigenvalue weighted by Crippen LogP contribution is -2.42. The molecule has 1 saturated carbocycles. The van der Waals surface area contributed by atoms with Crippen LogP contribution < -0.4 is 9.46 Å². The van der Waals surface area contributed by atoms with Crippen LogP contribution in [-0.4, -0.2) is 20.6 Å². The molecule has 2 atom stereocenters. The first kappa shape index (κ1) is 17.5. The van der Waals surface area contributed by atoms with E-state index in [0.29, 0.717) is 4.90 Å². The number of hydrogen-bond donors (Lipinski definition) is 1. The van der Waals surface area contributed by atoms with E-state index in [2.05, 4.69) is 20.7 Å². The average molecular weight is 410 g/mol. The molecule has 0 bridgehead atoms. The minimum Gasteiger partial charge on any atom is -0.488 e. The average Bonchev–Trinajstić information content (AvgIpc) is 2.96. The highest BCUT2D eigenvalue weighted by Crippen LogP contribution is 2.30. The number of benzene rings is 2. The SMILES string of the molecule is Cc1ccc(S(=O)(=O)N[C@@H]2CCC[C@H]2Oc2ccccc2Br)cc1. The van der Waals surface area contributed by atoms with Gasteiger partial charge in [0.15, 0.2) is 0 Å². The molecule has 2 aromatic rings. The molecule has 0 saturated heterocycles. The smallest absolute Gasteiger partial charge is 0.240 e. The van der Waals surface area contributed by atoms with Crippen LogP contribution in [0.1, 0.15) is 24.8 Å². The standard InChI is InChI=1S/C18H20BrNO3S/c1-13-9-11-14(12-10-13)24(21,22)20-16-6-4-8-18(16)23-17-7-3-2-5-15(17)19/h2-3,5,7,9-12,16,18,20H,4,6,8H2,1H3/t16-,18-/m1/s1. The third-order valence-corrected chi connectivity index (χ3v) is 6.37. The lowest BCUT2D eigenvalue weighted by Gasteiger charge is -2.23. The minimum absolute atomic E-state index is 0.163. The third-order valence-electron chi connectivity index (χ3n) is 4.21. The zero-order chi connectivity index (χ0) is 17.2. The van der Waals surface area contributed by atoms with Crippen molar-refractivity contribution in [2.24, 2.45) is 0 Å². The lowest BCUT2D eigenvalue weighted by molar-refractivity contribution is 0.184. The zero-order valence-electron chi connectivity index (χ0n) is 13.4. The van der Waals surface area contributed by atoms with Crippen LogP contribution in [0.3, 0.4) is 0 Å². The molecule has 1 fully saturated rings. The molecule has 2 aromatic carbocycles. The summed E-state index contributed by atoms with van der Waals surface area (Å²) in [7, 11) is -3.54. The maximum Gasteiger partial charge on any atom is 0.240 e. The van der Waals surface area contributed by atoms with Crippen molar-refractivity contribution in [3.05, 3.63) is 58.6 Å². The maximum atomic E-state index is 12.6. The van der Waals surface area contributed by atoms with E-state index in [4.69, 9.17) is 4.74 Å². The van der Waals surface area contributed by atoms with Crippen molar-refractivity contribution in [3.8, 4) is 5.75 Å². The molecular formula is C18H20BrNO3S. The molecule has 4 nitrogen and oxygen atoms in total. The van der Waals surface area contributed by atoms with Gasteiger partial charge in [-0.1, -0.05) is 29.8 Å². The van der Waals surface area contributed by atoms with Gasteiger partial charge in [-0.05, 0) is 66.4 Å². The van der Waals surface area contributed by atoms with E-state index in [1.54, 1.807) is 24.3 Å². The molecule has 1 N–H and O–H groups in total. The number of halogens is 1. The fourth-order valence-corrected chi connectivity index (χ4v) is 4.57. The van der Waals surface area contributed by atoms with Crippen molar-refractivity contribution in [1.29, 1.82) is 0 Å². The number of hydrogen-bond acceptors (Lipinski definition) is 3. The Morgan fingerprint density at radius 3 is 2.50 bits per heavy atom. The van der Waals surface area contributed by atoms with Gasteiger partial charge in [-0.3, -0.25) is 0 Å². The van der Waals surface area contributed by atoms with Gasteiger partial charge < -0.3 is 4.74 Å². The Morgan fingerprint density at radius 1 is 1.08 bits per heavy atom. The number of nitrogens with one attached hydrogen (secondary N) is 1. The van der Waals surface area contributed by atoms with E-state index in [0.717, 1.165) is 35.0 Å².